The molecule has 0 radical (unpaired) electrons. The molecule has 2 atom stereocenters. The number of hydrogen-bond donors (Lipinski definition) is 3. The standard InChI is InChI=1S/C23H21N5O2S.C22H18N4OS.C19H25N5S.C16H16N4OS.C15H13BrN4OS.C15H14N4OS/c29-13-12-27-10-11-28(14-19(27)30)22-20-17(16-6-2-1-3-7-16)15-31-23(20)26-21(25-22)18-8-4-5-9-24-18;27-16-9-6-12-26(13-16)21-19-17(15-7-2-1-3-8-15)14-28-22(19)25-20(24-21)18-10-4-5-11-23-18;1-4-24(5-2)12-9-14(3)21-17-15-10-13-25-19(15)23-18(22-17)16-8-6-7-11-20-16;1-2-7-17-13(5-1)15-19-14(12-6-9-22-16(12)20-15)18-10-11-4-3-8-21-11;16-10-9-22-15-12(10)14(20-5-7-21-8-6-20)18-13(19-15)11-3-1-2-4-17-11;1-2-5-16-12(3-1)13-17-14(19-6-8-20-9-7-19)11-4-10-21-15(11)18-13/h1-9,15,29H,10-14H2;1-5,7-8,10-11,14H,6,9,12-13H2;6-8,10-11,13-14H,4-5,9,12H2,1-3H3,(H,21,22,23);1-2,5-7,9,11H,3-4,8,10H2,(H,18,19,20);1-4,9H,5-8H2;1-5,10H,6-9H2. The van der Waals surface area contributed by atoms with Crippen molar-refractivity contribution < 1.29 is 28.9 Å². The summed E-state index contributed by atoms with van der Waals surface area (Å²) in [4.78, 5) is 127. The van der Waals surface area contributed by atoms with Crippen LogP contribution in [0.1, 0.15) is 52.9 Å². The summed E-state index contributed by atoms with van der Waals surface area (Å²) in [6, 6.07) is 61.6. The van der Waals surface area contributed by atoms with E-state index < -0.39 is 0 Å². The van der Waals surface area contributed by atoms with Gasteiger partial charge < -0.3 is 59.4 Å². The predicted molar refractivity (Wildman–Crippen MR) is 604 cm³/mol. The van der Waals surface area contributed by atoms with E-state index in [9.17, 15) is 14.7 Å². The molecule has 1 amide bonds. The van der Waals surface area contributed by atoms with E-state index in [2.05, 4.69) is 191 Å². The van der Waals surface area contributed by atoms with Crippen LogP contribution >= 0.6 is 84.0 Å². The number of ketones is 1. The number of carbonyl (C=O) groups excluding carboxylic acids is 2. The summed E-state index contributed by atoms with van der Waals surface area (Å²) in [5, 5.41) is 35.0. The molecule has 0 aliphatic carbocycles. The number of β-amino-alcohol motifs (C(OH)–C–C–N with tert-alkyl or cyclic N) is 1. The predicted octanol–water partition coefficient (Wildman–Crippen LogP) is 21.2. The molecule has 0 saturated carbocycles. The fraction of sp³-hybridized carbons (Fsp3) is 0.273. The second-order valence-electron chi connectivity index (χ2n) is 35.3. The van der Waals surface area contributed by atoms with Crippen molar-refractivity contribution in [3.8, 4) is 91.4 Å². The highest BCUT2D eigenvalue weighted by Crippen LogP contribution is 2.44. The molecule has 149 heavy (non-hydrogen) atoms. The lowest BCUT2D eigenvalue weighted by molar-refractivity contribution is -0.131. The molecule has 756 valence electrons. The zero-order chi connectivity index (χ0) is 102. The lowest BCUT2D eigenvalue weighted by atomic mass is 10.0. The van der Waals surface area contributed by atoms with E-state index in [0.29, 0.717) is 79.3 Å². The molecule has 5 saturated heterocycles. The number of hydrogen-bond acceptors (Lipinski definition) is 37. The van der Waals surface area contributed by atoms with E-state index in [1.807, 2.05) is 156 Å². The van der Waals surface area contributed by atoms with Crippen LogP contribution in [0.2, 0.25) is 0 Å². The molecule has 0 bridgehead atoms. The van der Waals surface area contributed by atoms with Gasteiger partial charge in [-0.15, -0.1) is 68.0 Å². The molecule has 23 heterocycles. The van der Waals surface area contributed by atoms with Gasteiger partial charge in [0.25, 0.3) is 0 Å². The first-order valence-electron chi connectivity index (χ1n) is 49.7. The zero-order valence-corrected chi connectivity index (χ0v) is 88.7. The normalized spacial score (nSPS) is 15.0. The number of amides is 1. The molecule has 18 aromatic heterocycles. The summed E-state index contributed by atoms with van der Waals surface area (Å²) in [5.41, 5.74) is 9.03. The Morgan fingerprint density at radius 1 is 0.416 bits per heavy atom. The Morgan fingerprint density at radius 2 is 0.826 bits per heavy atom. The smallest absolute Gasteiger partial charge is 0.242 e. The maximum atomic E-state index is 12.7. The Bertz CT molecular complexity index is 7840. The number of pyridine rings is 6. The number of rotatable bonds is 24. The lowest BCUT2D eigenvalue weighted by Crippen LogP contribution is -2.51. The number of thiophene rings is 6. The van der Waals surface area contributed by atoms with Gasteiger partial charge in [0.05, 0.1) is 84.5 Å². The number of piperidine rings is 1. The van der Waals surface area contributed by atoms with E-state index >= 15 is 0 Å². The summed E-state index contributed by atoms with van der Waals surface area (Å²) in [6.07, 6.45) is 15.7. The fourth-order valence-corrected chi connectivity index (χ4v) is 23.6. The summed E-state index contributed by atoms with van der Waals surface area (Å²) in [6.45, 7) is 20.9. The van der Waals surface area contributed by atoms with Gasteiger partial charge in [-0.25, -0.2) is 59.8 Å². The minimum Gasteiger partial charge on any atom is -0.395 e. The number of halogens is 1. The van der Waals surface area contributed by atoms with Crippen LogP contribution in [0.3, 0.4) is 0 Å². The van der Waals surface area contributed by atoms with E-state index in [1.54, 1.807) is 110 Å². The van der Waals surface area contributed by atoms with Crippen molar-refractivity contribution in [3.63, 3.8) is 0 Å². The van der Waals surface area contributed by atoms with Crippen LogP contribution in [0.25, 0.3) is 153 Å². The van der Waals surface area contributed by atoms with Gasteiger partial charge in [0.2, 0.25) is 5.91 Å². The highest BCUT2D eigenvalue weighted by Gasteiger charge is 2.32. The number of morpholine rings is 2. The monoisotopic (exact) mass is 2160 g/mol. The number of aliphatic hydroxyl groups excluding tert-OH is 1. The number of carbonyl (C=O) groups is 2. The van der Waals surface area contributed by atoms with E-state index in [1.165, 1.54) is 0 Å². The average Bonchev–Trinajstić information content (AvgIpc) is 1.63. The molecule has 5 aliphatic rings. The number of aliphatic hydroxyl groups is 1. The largest absolute Gasteiger partial charge is 0.395 e. The van der Waals surface area contributed by atoms with Gasteiger partial charge in [-0.05, 0) is 180 Å². The van der Waals surface area contributed by atoms with Crippen LogP contribution in [-0.4, -0.2) is 260 Å². The topological polar surface area (TPSA) is 358 Å². The van der Waals surface area contributed by atoms with Crippen LogP contribution in [0.4, 0.5) is 34.9 Å². The Labute approximate surface area is 893 Å². The minimum atomic E-state index is -0.0317. The maximum Gasteiger partial charge on any atom is 0.242 e. The summed E-state index contributed by atoms with van der Waals surface area (Å²) < 4.78 is 17.6. The van der Waals surface area contributed by atoms with Gasteiger partial charge in [-0.3, -0.25) is 39.5 Å². The molecule has 2 unspecified atom stereocenters. The van der Waals surface area contributed by atoms with Crippen LogP contribution in [-0.2, 0) is 23.8 Å². The van der Waals surface area contributed by atoms with E-state index in [4.69, 9.17) is 49.1 Å². The molecule has 2 aromatic carbocycles. The Hall–Kier alpha value is -14.2. The van der Waals surface area contributed by atoms with E-state index in [-0.39, 0.29) is 30.9 Å². The Kier molecular flexibility index (Phi) is 34.1. The van der Waals surface area contributed by atoms with Crippen molar-refractivity contribution in [1.29, 1.82) is 0 Å². The molecule has 25 rings (SSSR count). The second-order valence-corrected chi connectivity index (χ2v) is 41.4. The summed E-state index contributed by atoms with van der Waals surface area (Å²) in [7, 11) is 0. The SMILES string of the molecule is Brc1csc2nc(-c3ccccn3)nc(N3CCOCC3)c12.CCN(CC)CCC(C)Nc1nc(-c2ccccn2)nc2sccc12.O=C1CCCN(c2nc(-c3ccccn3)nc3scc(-c4ccccc4)c23)C1.O=C1CN(c2nc(-c3ccccn3)nc3scc(-c4ccccc4)c23)CCN1CCO.c1ccc(-c2nc(N3CCOCC3)c3ccsc3n2)nc1.c1ccc(-c2nc(NCC3CCCO3)c3ccsc3n2)nc1. The number of nitrogens with zero attached hydrogens (tertiary/aromatic N) is 24. The van der Waals surface area contributed by atoms with Gasteiger partial charge in [0.1, 0.15) is 98.1 Å². The number of fused-ring (bicyclic) bond motifs is 6. The number of benzene rings is 2. The van der Waals surface area contributed by atoms with Gasteiger partial charge in [0.15, 0.2) is 40.7 Å². The molecular weight excluding hydrogens is 2050 g/mol. The minimum absolute atomic E-state index is 0.0112. The van der Waals surface area contributed by atoms with Gasteiger partial charge in [-0.2, -0.15) is 0 Å². The number of Topliss-reactive ketones (excluding diaryl/α,β-unsaturated/α-hetero) is 1. The summed E-state index contributed by atoms with van der Waals surface area (Å²) in [5.74, 6) is 9.39. The van der Waals surface area contributed by atoms with Crippen molar-refractivity contribution >= 4 is 192 Å². The summed E-state index contributed by atoms with van der Waals surface area (Å²) >= 11 is 13.3. The number of piperazine rings is 1. The van der Waals surface area contributed by atoms with Crippen LogP contribution in [0, 0.1) is 0 Å². The first-order valence-corrected chi connectivity index (χ1v) is 55.7. The quantitative estimate of drug-likeness (QED) is 0.0506. The molecule has 5 aliphatic heterocycles. The van der Waals surface area contributed by atoms with Gasteiger partial charge in [-0.1, -0.05) is 111 Å². The Balaban J connectivity index is 0.000000109. The van der Waals surface area contributed by atoms with Gasteiger partial charge >= 0.3 is 0 Å². The molecule has 5 fully saturated rings. The number of anilines is 6. The van der Waals surface area contributed by atoms with Crippen molar-refractivity contribution in [1.82, 2.24) is 99.5 Å². The zero-order valence-electron chi connectivity index (χ0n) is 82.2. The lowest BCUT2D eigenvalue weighted by Gasteiger charge is -2.35. The highest BCUT2D eigenvalue weighted by atomic mass is 79.9. The number of aromatic nitrogens is 18. The van der Waals surface area contributed by atoms with Crippen LogP contribution in [0.5, 0.6) is 0 Å². The highest BCUT2D eigenvalue weighted by molar-refractivity contribution is 9.10. The first kappa shape index (κ1) is 102. The van der Waals surface area contributed by atoms with Crippen molar-refractivity contribution in [2.45, 2.75) is 65.0 Å². The van der Waals surface area contributed by atoms with Crippen LogP contribution < -0.4 is 30.2 Å². The van der Waals surface area contributed by atoms with Crippen molar-refractivity contribution in [2.24, 2.45) is 0 Å². The number of ether oxygens (including phenoxy) is 3. The average molecular weight is 2160 g/mol. The first-order chi connectivity index (χ1) is 73.4. The number of nitrogens with one attached hydrogen (secondary N) is 2. The third-order valence-corrected chi connectivity index (χ3v) is 31.5. The van der Waals surface area contributed by atoms with Crippen molar-refractivity contribution in [2.75, 3.05) is 162 Å². The fourth-order valence-electron chi connectivity index (χ4n) is 17.8. The molecule has 39 heteroatoms. The second kappa shape index (κ2) is 49.7. The third kappa shape index (κ3) is 24.9. The van der Waals surface area contributed by atoms with Crippen molar-refractivity contribution in [3.05, 3.63) is 262 Å². The van der Waals surface area contributed by atoms with Gasteiger partial charge in [0, 0.05) is 153 Å². The van der Waals surface area contributed by atoms with Crippen LogP contribution in [0.15, 0.2) is 262 Å². The molecule has 0 spiro atoms. The maximum absolute atomic E-state index is 12.7. The molecule has 3 N–H and O–H groups in total. The molecular formula is C110H107BrN26O6S6. The Morgan fingerprint density at radius 3 is 1.27 bits per heavy atom. The molecule has 20 aromatic rings. The third-order valence-electron chi connectivity index (χ3n) is 25.5. The van der Waals surface area contributed by atoms with E-state index in [0.717, 1.165) is 269 Å². The molecule has 32 nitrogen and oxygen atoms in total.